The number of aliphatic hydroxyl groups is 2. The Balaban J connectivity index is 1.56. The number of rotatable bonds is 4. The summed E-state index contributed by atoms with van der Waals surface area (Å²) >= 11 is 0. The SMILES string of the molecule is COC(=O)CC[C@H](C)[C@H]1CC[C@H]2[C@H]3[C@@H](O)[C@@H](O)[C@@H]4CCCC[C@]4(C)[C@@H]3CC[C@]12C. The first-order valence-corrected chi connectivity index (χ1v) is 12.2. The van der Waals surface area contributed by atoms with Crippen LogP contribution in [-0.4, -0.2) is 35.5 Å². The minimum atomic E-state index is -0.565. The number of esters is 1. The molecule has 0 bridgehead atoms. The van der Waals surface area contributed by atoms with Crippen LogP contribution in [0.2, 0.25) is 0 Å². The van der Waals surface area contributed by atoms with E-state index in [-0.39, 0.29) is 28.6 Å². The zero-order valence-electron chi connectivity index (χ0n) is 18.9. The Morgan fingerprint density at radius 2 is 1.69 bits per heavy atom. The fourth-order valence-electron chi connectivity index (χ4n) is 8.94. The van der Waals surface area contributed by atoms with E-state index < -0.39 is 12.2 Å². The lowest BCUT2D eigenvalue weighted by atomic mass is 9.43. The summed E-state index contributed by atoms with van der Waals surface area (Å²) in [5.41, 5.74) is 0.409. The first kappa shape index (κ1) is 21.6. The molecule has 4 saturated carbocycles. The van der Waals surface area contributed by atoms with E-state index in [1.807, 2.05) is 0 Å². The largest absolute Gasteiger partial charge is 0.469 e. The molecular formula is C25H42O4. The van der Waals surface area contributed by atoms with E-state index >= 15 is 0 Å². The monoisotopic (exact) mass is 406 g/mol. The number of carbonyl (C=O) groups is 1. The minimum absolute atomic E-state index is 0.109. The van der Waals surface area contributed by atoms with Gasteiger partial charge in [0.25, 0.3) is 0 Å². The molecule has 0 aromatic heterocycles. The number of hydrogen-bond acceptors (Lipinski definition) is 4. The topological polar surface area (TPSA) is 66.8 Å². The molecule has 4 fully saturated rings. The van der Waals surface area contributed by atoms with Crippen molar-refractivity contribution in [2.24, 2.45) is 46.3 Å². The molecule has 0 aromatic carbocycles. The standard InChI is InChI=1S/C25H42O4/c1-15(8-11-20(26)29-4)16-9-10-17-21-18(12-14-25(16,17)3)24(2)13-6-5-7-19(24)22(27)23(21)28/h15-19,21-23,27-28H,5-14H2,1-4H3/t15-,16+,17-,18+,19-,21+,22-,23+,24+,25+/m0/s1. The van der Waals surface area contributed by atoms with Gasteiger partial charge < -0.3 is 14.9 Å². The van der Waals surface area contributed by atoms with Crippen molar-refractivity contribution in [3.05, 3.63) is 0 Å². The zero-order valence-corrected chi connectivity index (χ0v) is 18.9. The van der Waals surface area contributed by atoms with Gasteiger partial charge in [0.15, 0.2) is 0 Å². The first-order valence-electron chi connectivity index (χ1n) is 12.2. The Bertz CT molecular complexity index is 620. The maximum atomic E-state index is 11.6. The van der Waals surface area contributed by atoms with Crippen LogP contribution in [0.1, 0.15) is 85.0 Å². The molecule has 0 spiro atoms. The molecule has 2 N–H and O–H groups in total. The second-order valence-electron chi connectivity index (χ2n) is 11.5. The number of methoxy groups -OCH3 is 1. The molecular weight excluding hydrogens is 364 g/mol. The average Bonchev–Trinajstić information content (AvgIpc) is 3.06. The molecule has 4 aliphatic rings. The van der Waals surface area contributed by atoms with Crippen molar-refractivity contribution in [2.45, 2.75) is 97.2 Å². The third kappa shape index (κ3) is 3.28. The van der Waals surface area contributed by atoms with E-state index in [1.54, 1.807) is 0 Å². The summed E-state index contributed by atoms with van der Waals surface area (Å²) in [6.45, 7) is 7.18. The highest BCUT2D eigenvalue weighted by molar-refractivity contribution is 5.69. The molecule has 4 heteroatoms. The van der Waals surface area contributed by atoms with Gasteiger partial charge in [0.2, 0.25) is 0 Å². The smallest absolute Gasteiger partial charge is 0.305 e. The predicted molar refractivity (Wildman–Crippen MR) is 113 cm³/mol. The lowest BCUT2D eigenvalue weighted by Gasteiger charge is -2.63. The fourth-order valence-corrected chi connectivity index (χ4v) is 8.94. The average molecular weight is 407 g/mol. The van der Waals surface area contributed by atoms with Gasteiger partial charge in [-0.25, -0.2) is 0 Å². The maximum absolute atomic E-state index is 11.6. The molecule has 0 radical (unpaired) electrons. The number of carbonyl (C=O) groups excluding carboxylic acids is 1. The zero-order chi connectivity index (χ0) is 21.0. The number of ether oxygens (including phenoxy) is 1. The van der Waals surface area contributed by atoms with Crippen LogP contribution >= 0.6 is 0 Å². The van der Waals surface area contributed by atoms with E-state index in [9.17, 15) is 15.0 Å². The Labute approximate surface area is 176 Å². The molecule has 166 valence electrons. The molecule has 10 atom stereocenters. The van der Waals surface area contributed by atoms with Crippen molar-refractivity contribution in [1.82, 2.24) is 0 Å². The van der Waals surface area contributed by atoms with Crippen LogP contribution in [0.15, 0.2) is 0 Å². The summed E-state index contributed by atoms with van der Waals surface area (Å²) in [4.78, 5) is 11.6. The Hall–Kier alpha value is -0.610. The Morgan fingerprint density at radius 3 is 2.41 bits per heavy atom. The van der Waals surface area contributed by atoms with Crippen LogP contribution < -0.4 is 0 Å². The van der Waals surface area contributed by atoms with Crippen molar-refractivity contribution < 1.29 is 19.7 Å². The molecule has 0 unspecified atom stereocenters. The van der Waals surface area contributed by atoms with Crippen molar-refractivity contribution in [1.29, 1.82) is 0 Å². The van der Waals surface area contributed by atoms with Crippen molar-refractivity contribution in [2.75, 3.05) is 7.11 Å². The quantitative estimate of drug-likeness (QED) is 0.671. The van der Waals surface area contributed by atoms with Crippen LogP contribution in [0.5, 0.6) is 0 Å². The van der Waals surface area contributed by atoms with Gasteiger partial charge in [0.05, 0.1) is 19.3 Å². The van der Waals surface area contributed by atoms with Gasteiger partial charge in [-0.3, -0.25) is 4.79 Å². The lowest BCUT2D eigenvalue weighted by molar-refractivity contribution is -0.215. The molecule has 0 saturated heterocycles. The summed E-state index contributed by atoms with van der Waals surface area (Å²) in [6.07, 6.45) is 9.80. The molecule has 0 heterocycles. The van der Waals surface area contributed by atoms with Gasteiger partial charge in [0, 0.05) is 6.42 Å². The van der Waals surface area contributed by atoms with Gasteiger partial charge in [-0.15, -0.1) is 0 Å². The number of hydrogen-bond donors (Lipinski definition) is 2. The van der Waals surface area contributed by atoms with Crippen molar-refractivity contribution in [3.63, 3.8) is 0 Å². The van der Waals surface area contributed by atoms with E-state index in [1.165, 1.54) is 45.6 Å². The van der Waals surface area contributed by atoms with Crippen molar-refractivity contribution in [3.8, 4) is 0 Å². The lowest BCUT2D eigenvalue weighted by Crippen LogP contribution is -2.63. The summed E-state index contributed by atoms with van der Waals surface area (Å²) < 4.78 is 4.85. The summed E-state index contributed by atoms with van der Waals surface area (Å²) in [5, 5.41) is 22.4. The minimum Gasteiger partial charge on any atom is -0.469 e. The molecule has 0 aliphatic heterocycles. The van der Waals surface area contributed by atoms with Crippen LogP contribution in [-0.2, 0) is 9.53 Å². The second-order valence-corrected chi connectivity index (χ2v) is 11.5. The Morgan fingerprint density at radius 1 is 0.966 bits per heavy atom. The van der Waals surface area contributed by atoms with Gasteiger partial charge >= 0.3 is 5.97 Å². The Kier molecular flexibility index (Phi) is 5.83. The van der Waals surface area contributed by atoms with Crippen LogP contribution in [0.3, 0.4) is 0 Å². The van der Waals surface area contributed by atoms with E-state index in [4.69, 9.17) is 4.74 Å². The van der Waals surface area contributed by atoms with Gasteiger partial charge in [-0.05, 0) is 91.3 Å². The highest BCUT2D eigenvalue weighted by Crippen LogP contribution is 2.68. The van der Waals surface area contributed by atoms with Gasteiger partial charge in [-0.1, -0.05) is 33.6 Å². The predicted octanol–water partition coefficient (Wildman–Crippen LogP) is 4.57. The second kappa shape index (κ2) is 7.82. The molecule has 0 amide bonds. The van der Waals surface area contributed by atoms with Crippen LogP contribution in [0.25, 0.3) is 0 Å². The summed E-state index contributed by atoms with van der Waals surface area (Å²) in [7, 11) is 1.47. The highest BCUT2D eigenvalue weighted by Gasteiger charge is 2.64. The highest BCUT2D eigenvalue weighted by atomic mass is 16.5. The normalized spacial score (nSPS) is 50.2. The van der Waals surface area contributed by atoms with Crippen LogP contribution in [0, 0.1) is 46.3 Å². The number of fused-ring (bicyclic) bond motifs is 5. The molecule has 29 heavy (non-hydrogen) atoms. The maximum Gasteiger partial charge on any atom is 0.305 e. The van der Waals surface area contributed by atoms with Gasteiger partial charge in [-0.2, -0.15) is 0 Å². The van der Waals surface area contributed by atoms with Crippen LogP contribution in [0.4, 0.5) is 0 Å². The third-order valence-corrected chi connectivity index (χ3v) is 10.5. The molecule has 4 rings (SSSR count). The van der Waals surface area contributed by atoms with E-state index in [0.29, 0.717) is 30.1 Å². The summed E-state index contributed by atoms with van der Waals surface area (Å²) in [5.74, 6) is 2.53. The van der Waals surface area contributed by atoms with E-state index in [0.717, 1.165) is 19.3 Å². The molecule has 0 aromatic rings. The number of aliphatic hydroxyl groups excluding tert-OH is 2. The molecule has 4 nitrogen and oxygen atoms in total. The summed E-state index contributed by atoms with van der Waals surface area (Å²) in [6, 6.07) is 0. The third-order valence-electron chi connectivity index (χ3n) is 10.5. The van der Waals surface area contributed by atoms with Crippen molar-refractivity contribution >= 4 is 5.97 Å². The molecule has 4 aliphatic carbocycles. The fraction of sp³-hybridized carbons (Fsp3) is 0.960. The van der Waals surface area contributed by atoms with E-state index in [2.05, 4.69) is 20.8 Å². The first-order chi connectivity index (χ1) is 13.7. The van der Waals surface area contributed by atoms with Gasteiger partial charge in [0.1, 0.15) is 0 Å².